The van der Waals surface area contributed by atoms with Crippen molar-refractivity contribution in [3.05, 3.63) is 101 Å². The number of ketones is 1. The van der Waals surface area contributed by atoms with Gasteiger partial charge in [-0.25, -0.2) is 0 Å². The number of Topliss-reactive ketones (excluding diaryl/α,β-unsaturated/α-hetero) is 1. The van der Waals surface area contributed by atoms with Gasteiger partial charge < -0.3 is 0 Å². The van der Waals surface area contributed by atoms with Gasteiger partial charge >= 0.3 is 0 Å². The van der Waals surface area contributed by atoms with E-state index >= 15 is 0 Å². The molecule has 25 heavy (non-hydrogen) atoms. The molecule has 0 bridgehead atoms. The maximum absolute atomic E-state index is 12.4. The van der Waals surface area contributed by atoms with Crippen molar-refractivity contribution in [2.45, 2.75) is 19.9 Å². The summed E-state index contributed by atoms with van der Waals surface area (Å²) in [6.45, 7) is 2.47. The van der Waals surface area contributed by atoms with Crippen molar-refractivity contribution < 1.29 is 9.36 Å². The van der Waals surface area contributed by atoms with Crippen molar-refractivity contribution in [2.75, 3.05) is 0 Å². The molecule has 0 saturated heterocycles. The highest BCUT2D eigenvalue weighted by atomic mass is 16.1. The van der Waals surface area contributed by atoms with E-state index < -0.39 is 0 Å². The lowest BCUT2D eigenvalue weighted by atomic mass is 10.1. The average Bonchev–Trinajstić information content (AvgIpc) is 2.68. The Balaban J connectivity index is 1.63. The van der Waals surface area contributed by atoms with E-state index in [4.69, 9.17) is 0 Å². The predicted molar refractivity (Wildman–Crippen MR) is 102 cm³/mol. The van der Waals surface area contributed by atoms with Crippen LogP contribution in [0.2, 0.25) is 0 Å². The number of pyridine rings is 1. The van der Waals surface area contributed by atoms with Crippen molar-refractivity contribution >= 4 is 17.9 Å². The number of rotatable bonds is 6. The zero-order chi connectivity index (χ0) is 17.5. The average molecular weight is 328 g/mol. The fraction of sp³-hybridized carbons (Fsp3) is 0.130. The summed E-state index contributed by atoms with van der Waals surface area (Å²) in [5, 5.41) is 0. The highest BCUT2D eigenvalue weighted by molar-refractivity contribution is 5.95. The van der Waals surface area contributed by atoms with Gasteiger partial charge in [0.15, 0.2) is 12.4 Å². The predicted octanol–water partition coefficient (Wildman–Crippen LogP) is 4.59. The topological polar surface area (TPSA) is 20.9 Å². The third-order valence-corrected chi connectivity index (χ3v) is 4.20. The minimum absolute atomic E-state index is 0.125. The Morgan fingerprint density at radius 1 is 0.840 bits per heavy atom. The van der Waals surface area contributed by atoms with E-state index in [0.29, 0.717) is 6.54 Å². The molecule has 0 amide bonds. The molecule has 2 heteroatoms. The molecular weight excluding hydrogens is 306 g/mol. The summed E-state index contributed by atoms with van der Waals surface area (Å²) in [5.74, 6) is 0.125. The maximum Gasteiger partial charge on any atom is 0.227 e. The lowest BCUT2D eigenvalue weighted by Gasteiger charge is -2.01. The van der Waals surface area contributed by atoms with Crippen molar-refractivity contribution in [3.63, 3.8) is 0 Å². The zero-order valence-electron chi connectivity index (χ0n) is 14.4. The number of nitrogens with zero attached hydrogens (tertiary/aromatic N) is 1. The van der Waals surface area contributed by atoms with Crippen LogP contribution in [0.1, 0.15) is 34.0 Å². The quantitative estimate of drug-likeness (QED) is 0.479. The lowest BCUT2D eigenvalue weighted by Crippen LogP contribution is -2.37. The standard InChI is InChI=1S/C23H22NO/c1-2-19-10-12-22(13-11-19)23(25)18-24-16-14-21(15-17-24)9-8-20-6-4-3-5-7-20/h3-17H,2,18H2,1H3/q+1. The first-order chi connectivity index (χ1) is 12.2. The van der Waals surface area contributed by atoms with Crippen LogP contribution in [-0.2, 0) is 13.0 Å². The van der Waals surface area contributed by atoms with E-state index in [1.54, 1.807) is 0 Å². The second-order valence-corrected chi connectivity index (χ2v) is 6.02. The SMILES string of the molecule is CCc1ccc(C(=O)C[n+]2ccc(C=Cc3ccccc3)cc2)cc1. The van der Waals surface area contributed by atoms with E-state index in [1.165, 1.54) is 11.1 Å². The number of aryl methyl sites for hydroxylation is 1. The summed E-state index contributed by atoms with van der Waals surface area (Å²) in [7, 11) is 0. The van der Waals surface area contributed by atoms with Crippen LogP contribution in [0.4, 0.5) is 0 Å². The third kappa shape index (κ3) is 4.74. The second-order valence-electron chi connectivity index (χ2n) is 6.02. The Morgan fingerprint density at radius 2 is 1.44 bits per heavy atom. The monoisotopic (exact) mass is 328 g/mol. The minimum Gasteiger partial charge on any atom is -0.287 e. The number of hydrogen-bond donors (Lipinski definition) is 0. The summed E-state index contributed by atoms with van der Waals surface area (Å²) >= 11 is 0. The zero-order valence-corrected chi connectivity index (χ0v) is 14.4. The number of carbonyl (C=O) groups excluding carboxylic acids is 1. The Kier molecular flexibility index (Phi) is 5.53. The molecule has 2 aromatic carbocycles. The first-order valence-electron chi connectivity index (χ1n) is 8.59. The van der Waals surface area contributed by atoms with Crippen LogP contribution in [-0.4, -0.2) is 5.78 Å². The molecule has 0 fully saturated rings. The Morgan fingerprint density at radius 3 is 2.04 bits per heavy atom. The molecule has 0 aliphatic rings. The molecule has 0 aliphatic heterocycles. The van der Waals surface area contributed by atoms with Crippen molar-refractivity contribution in [3.8, 4) is 0 Å². The first-order valence-corrected chi connectivity index (χ1v) is 8.59. The smallest absolute Gasteiger partial charge is 0.227 e. The lowest BCUT2D eigenvalue weighted by molar-refractivity contribution is -0.683. The molecule has 0 unspecified atom stereocenters. The van der Waals surface area contributed by atoms with Gasteiger partial charge in [-0.05, 0) is 23.1 Å². The maximum atomic E-state index is 12.4. The third-order valence-electron chi connectivity index (χ3n) is 4.20. The highest BCUT2D eigenvalue weighted by Gasteiger charge is 2.11. The molecule has 0 N–H and O–H groups in total. The van der Waals surface area contributed by atoms with Crippen molar-refractivity contribution in [1.29, 1.82) is 0 Å². The van der Waals surface area contributed by atoms with E-state index in [2.05, 4.69) is 31.2 Å². The van der Waals surface area contributed by atoms with Crippen molar-refractivity contribution in [1.82, 2.24) is 0 Å². The van der Waals surface area contributed by atoms with Gasteiger partial charge in [0, 0.05) is 17.7 Å². The van der Waals surface area contributed by atoms with E-state index in [9.17, 15) is 4.79 Å². The Hall–Kier alpha value is -3.00. The number of benzene rings is 2. The molecule has 3 aromatic rings. The molecular formula is C23H22NO+. The molecule has 2 nitrogen and oxygen atoms in total. The highest BCUT2D eigenvalue weighted by Crippen LogP contribution is 2.08. The van der Waals surface area contributed by atoms with Crippen LogP contribution >= 0.6 is 0 Å². The Bertz CT molecular complexity index is 847. The van der Waals surface area contributed by atoms with Gasteiger partial charge in [0.2, 0.25) is 12.3 Å². The van der Waals surface area contributed by atoms with E-state index in [1.807, 2.05) is 71.6 Å². The fourth-order valence-electron chi connectivity index (χ4n) is 2.63. The van der Waals surface area contributed by atoms with Gasteiger partial charge in [-0.1, -0.05) is 73.7 Å². The number of aromatic nitrogens is 1. The van der Waals surface area contributed by atoms with E-state index in [0.717, 1.165) is 17.5 Å². The van der Waals surface area contributed by atoms with Crippen LogP contribution in [0.25, 0.3) is 12.2 Å². The first kappa shape index (κ1) is 16.8. The van der Waals surface area contributed by atoms with Gasteiger partial charge in [-0.3, -0.25) is 4.79 Å². The molecule has 0 atom stereocenters. The molecule has 1 heterocycles. The van der Waals surface area contributed by atoms with Crippen LogP contribution in [0.3, 0.4) is 0 Å². The summed E-state index contributed by atoms with van der Waals surface area (Å²) in [5.41, 5.74) is 4.29. The molecule has 0 radical (unpaired) electrons. The summed E-state index contributed by atoms with van der Waals surface area (Å²) < 4.78 is 1.91. The van der Waals surface area contributed by atoms with Gasteiger partial charge in [0.25, 0.3) is 0 Å². The number of carbonyl (C=O) groups is 1. The summed E-state index contributed by atoms with van der Waals surface area (Å²) in [6, 6.07) is 22.1. The molecule has 1 aromatic heterocycles. The minimum atomic E-state index is 0.125. The second kappa shape index (κ2) is 8.20. The fourth-order valence-corrected chi connectivity index (χ4v) is 2.63. The van der Waals surface area contributed by atoms with Crippen molar-refractivity contribution in [2.24, 2.45) is 0 Å². The molecule has 3 rings (SSSR count). The molecule has 0 aliphatic carbocycles. The summed E-state index contributed by atoms with van der Waals surface area (Å²) in [4.78, 5) is 12.4. The normalized spacial score (nSPS) is 10.9. The molecule has 0 saturated carbocycles. The van der Waals surface area contributed by atoms with E-state index in [-0.39, 0.29) is 5.78 Å². The van der Waals surface area contributed by atoms with Gasteiger partial charge in [0.1, 0.15) is 0 Å². The van der Waals surface area contributed by atoms with Crippen LogP contribution < -0.4 is 4.57 Å². The van der Waals surface area contributed by atoms with Crippen LogP contribution in [0.5, 0.6) is 0 Å². The van der Waals surface area contributed by atoms with Crippen LogP contribution in [0, 0.1) is 0 Å². The number of hydrogen-bond acceptors (Lipinski definition) is 1. The van der Waals surface area contributed by atoms with Gasteiger partial charge in [0.05, 0.1) is 0 Å². The largest absolute Gasteiger partial charge is 0.287 e. The summed E-state index contributed by atoms with van der Waals surface area (Å²) in [6.07, 6.45) is 9.04. The van der Waals surface area contributed by atoms with Crippen LogP contribution in [0.15, 0.2) is 79.1 Å². The molecule has 0 spiro atoms. The molecule has 124 valence electrons. The van der Waals surface area contributed by atoms with Gasteiger partial charge in [-0.15, -0.1) is 0 Å². The Labute approximate surface area is 149 Å². The van der Waals surface area contributed by atoms with Gasteiger partial charge in [-0.2, -0.15) is 4.57 Å².